The van der Waals surface area contributed by atoms with Gasteiger partial charge in [0.05, 0.1) is 9.82 Å². The van der Waals surface area contributed by atoms with E-state index in [1.54, 1.807) is 36.4 Å². The second kappa shape index (κ2) is 8.57. The van der Waals surface area contributed by atoms with Crippen LogP contribution in [0.15, 0.2) is 71.6 Å². The molecule has 9 nitrogen and oxygen atoms in total. The largest absolute Gasteiger partial charge is 0.289 e. The summed E-state index contributed by atoms with van der Waals surface area (Å²) in [6.07, 6.45) is 0. The average Bonchev–Trinajstić information content (AvgIpc) is 2.76. The van der Waals surface area contributed by atoms with Crippen molar-refractivity contribution in [3.8, 4) is 0 Å². The molecule has 2 N–H and O–H groups in total. The Hall–Kier alpha value is -3.34. The second-order valence-electron chi connectivity index (χ2n) is 6.60. The minimum absolute atomic E-state index is 0.0140. The number of amides is 1. The van der Waals surface area contributed by atoms with Gasteiger partial charge in [0, 0.05) is 24.1 Å². The zero-order valence-electron chi connectivity index (χ0n) is 15.9. The third-order valence-corrected chi connectivity index (χ3v) is 6.72. The van der Waals surface area contributed by atoms with E-state index in [4.69, 9.17) is 5.21 Å². The summed E-state index contributed by atoms with van der Waals surface area (Å²) in [6, 6.07) is 15.9. The van der Waals surface area contributed by atoms with Crippen LogP contribution in [0.25, 0.3) is 10.8 Å². The standard InChI is InChI=1S/C20H19N3O6S/c1-14(20(24)21-25)22(13-15-9-11-17(12-10-15)23(26)27)30(28,29)19-8-4-6-16-5-2-3-7-18(16)19/h2-12,14,25H,13H2,1H3,(H,21,24)/t14-/m0/s1. The maximum atomic E-state index is 13.5. The van der Waals surface area contributed by atoms with Crippen LogP contribution >= 0.6 is 0 Å². The fourth-order valence-electron chi connectivity index (χ4n) is 3.10. The summed E-state index contributed by atoms with van der Waals surface area (Å²) in [5.41, 5.74) is 1.79. The summed E-state index contributed by atoms with van der Waals surface area (Å²) >= 11 is 0. The molecule has 10 heteroatoms. The Morgan fingerprint density at radius 3 is 2.37 bits per heavy atom. The van der Waals surface area contributed by atoms with E-state index in [9.17, 15) is 23.3 Å². The van der Waals surface area contributed by atoms with Crippen LogP contribution in [0, 0.1) is 10.1 Å². The van der Waals surface area contributed by atoms with E-state index >= 15 is 0 Å². The first-order valence-electron chi connectivity index (χ1n) is 8.92. The van der Waals surface area contributed by atoms with Gasteiger partial charge in [-0.15, -0.1) is 0 Å². The third-order valence-electron chi connectivity index (χ3n) is 4.74. The predicted octanol–water partition coefficient (Wildman–Crippen LogP) is 2.83. The molecule has 0 fully saturated rings. The highest BCUT2D eigenvalue weighted by Gasteiger charge is 2.34. The Labute approximate surface area is 172 Å². The van der Waals surface area contributed by atoms with Crippen LogP contribution in [0.4, 0.5) is 5.69 Å². The first-order chi connectivity index (χ1) is 14.3. The van der Waals surface area contributed by atoms with Crippen LogP contribution in [0.1, 0.15) is 12.5 Å². The minimum Gasteiger partial charge on any atom is -0.289 e. The molecule has 0 aliphatic carbocycles. The number of hydroxylamine groups is 1. The van der Waals surface area contributed by atoms with Gasteiger partial charge in [-0.1, -0.05) is 48.5 Å². The molecule has 0 heterocycles. The molecule has 3 aromatic rings. The summed E-state index contributed by atoms with van der Waals surface area (Å²) in [5, 5.41) is 21.1. The van der Waals surface area contributed by atoms with E-state index in [1.807, 2.05) is 0 Å². The first kappa shape index (κ1) is 21.4. The lowest BCUT2D eigenvalue weighted by Gasteiger charge is -2.27. The van der Waals surface area contributed by atoms with Crippen LogP contribution in [-0.4, -0.2) is 34.8 Å². The van der Waals surface area contributed by atoms with E-state index in [0.717, 1.165) is 4.31 Å². The monoisotopic (exact) mass is 429 g/mol. The van der Waals surface area contributed by atoms with Crippen molar-refractivity contribution >= 4 is 32.4 Å². The Balaban J connectivity index is 2.09. The molecule has 30 heavy (non-hydrogen) atoms. The Morgan fingerprint density at radius 1 is 1.10 bits per heavy atom. The Morgan fingerprint density at radius 2 is 1.73 bits per heavy atom. The maximum Gasteiger partial charge on any atom is 0.269 e. The minimum atomic E-state index is -4.18. The normalized spacial score (nSPS) is 12.6. The van der Waals surface area contributed by atoms with Crippen molar-refractivity contribution in [2.75, 3.05) is 0 Å². The molecule has 0 unspecified atom stereocenters. The van der Waals surface area contributed by atoms with E-state index < -0.39 is 26.9 Å². The number of hydrogen-bond donors (Lipinski definition) is 2. The van der Waals surface area contributed by atoms with Crippen molar-refractivity contribution < 1.29 is 23.3 Å². The number of carbonyl (C=O) groups is 1. The average molecular weight is 429 g/mol. The SMILES string of the molecule is C[C@@H](C(=O)NO)N(Cc1ccc([N+](=O)[O-])cc1)S(=O)(=O)c1cccc2ccccc12. The van der Waals surface area contributed by atoms with E-state index in [0.29, 0.717) is 16.3 Å². The van der Waals surface area contributed by atoms with Gasteiger partial charge in [0.2, 0.25) is 10.0 Å². The van der Waals surface area contributed by atoms with Crippen molar-refractivity contribution in [1.29, 1.82) is 0 Å². The molecule has 1 atom stereocenters. The van der Waals surface area contributed by atoms with E-state index in [2.05, 4.69) is 0 Å². The van der Waals surface area contributed by atoms with Gasteiger partial charge in [0.25, 0.3) is 11.6 Å². The zero-order chi connectivity index (χ0) is 21.9. The molecule has 0 aromatic heterocycles. The van der Waals surface area contributed by atoms with Crippen molar-refractivity contribution in [2.24, 2.45) is 0 Å². The van der Waals surface area contributed by atoms with Gasteiger partial charge in [-0.05, 0) is 23.9 Å². The predicted molar refractivity (Wildman–Crippen MR) is 109 cm³/mol. The molecule has 0 aliphatic rings. The lowest BCUT2D eigenvalue weighted by atomic mass is 10.1. The highest BCUT2D eigenvalue weighted by atomic mass is 32.2. The quantitative estimate of drug-likeness (QED) is 0.337. The van der Waals surface area contributed by atoms with Gasteiger partial charge in [-0.2, -0.15) is 4.31 Å². The van der Waals surface area contributed by atoms with Crippen LogP contribution < -0.4 is 5.48 Å². The summed E-state index contributed by atoms with van der Waals surface area (Å²) in [6.45, 7) is 1.12. The number of nitro groups is 1. The number of hydrogen-bond acceptors (Lipinski definition) is 6. The fraction of sp³-hybridized carbons (Fsp3) is 0.150. The number of carbonyl (C=O) groups excluding carboxylic acids is 1. The zero-order valence-corrected chi connectivity index (χ0v) is 16.7. The van der Waals surface area contributed by atoms with Crippen LogP contribution in [-0.2, 0) is 21.4 Å². The Kier molecular flexibility index (Phi) is 6.11. The second-order valence-corrected chi connectivity index (χ2v) is 8.46. The van der Waals surface area contributed by atoms with Gasteiger partial charge in [0.15, 0.2) is 0 Å². The van der Waals surface area contributed by atoms with Crippen molar-refractivity contribution in [2.45, 2.75) is 24.4 Å². The lowest BCUT2D eigenvalue weighted by molar-refractivity contribution is -0.384. The van der Waals surface area contributed by atoms with Crippen molar-refractivity contribution in [3.63, 3.8) is 0 Å². The number of nitrogens with zero attached hydrogens (tertiary/aromatic N) is 2. The Bertz CT molecular complexity index is 1190. The summed E-state index contributed by atoms with van der Waals surface area (Å²) in [5.74, 6) is -0.902. The highest BCUT2D eigenvalue weighted by Crippen LogP contribution is 2.28. The van der Waals surface area contributed by atoms with Crippen molar-refractivity contribution in [1.82, 2.24) is 9.79 Å². The van der Waals surface area contributed by atoms with Gasteiger partial charge in [-0.25, -0.2) is 13.9 Å². The summed E-state index contributed by atoms with van der Waals surface area (Å²) in [4.78, 5) is 22.4. The van der Waals surface area contributed by atoms with E-state index in [1.165, 1.54) is 42.7 Å². The molecule has 0 radical (unpaired) electrons. The molecule has 156 valence electrons. The van der Waals surface area contributed by atoms with Gasteiger partial charge in [0.1, 0.15) is 6.04 Å². The fourth-order valence-corrected chi connectivity index (χ4v) is 4.90. The number of nitrogens with one attached hydrogen (secondary N) is 1. The molecule has 3 aromatic carbocycles. The molecule has 0 saturated heterocycles. The number of rotatable bonds is 7. The topological polar surface area (TPSA) is 130 Å². The molecule has 0 aliphatic heterocycles. The maximum absolute atomic E-state index is 13.5. The van der Waals surface area contributed by atoms with Gasteiger partial charge >= 0.3 is 0 Å². The van der Waals surface area contributed by atoms with Crippen molar-refractivity contribution in [3.05, 3.63) is 82.4 Å². The summed E-state index contributed by atoms with van der Waals surface area (Å²) in [7, 11) is -4.18. The number of fused-ring (bicyclic) bond motifs is 1. The lowest BCUT2D eigenvalue weighted by Crippen LogP contribution is -2.46. The van der Waals surface area contributed by atoms with Gasteiger partial charge < -0.3 is 0 Å². The molecule has 0 saturated carbocycles. The molecular weight excluding hydrogens is 410 g/mol. The first-order valence-corrected chi connectivity index (χ1v) is 10.4. The van der Waals surface area contributed by atoms with Crippen LogP contribution in [0.3, 0.4) is 0 Å². The third kappa shape index (κ3) is 4.15. The molecule has 0 bridgehead atoms. The summed E-state index contributed by atoms with van der Waals surface area (Å²) < 4.78 is 28.0. The molecule has 1 amide bonds. The molecule has 0 spiro atoms. The number of nitro benzene ring substituents is 1. The van der Waals surface area contributed by atoms with E-state index in [-0.39, 0.29) is 17.1 Å². The number of sulfonamides is 1. The van der Waals surface area contributed by atoms with Crippen LogP contribution in [0.2, 0.25) is 0 Å². The molecule has 3 rings (SSSR count). The van der Waals surface area contributed by atoms with Crippen LogP contribution in [0.5, 0.6) is 0 Å². The number of benzene rings is 3. The highest BCUT2D eigenvalue weighted by molar-refractivity contribution is 7.89. The molecular formula is C20H19N3O6S. The smallest absolute Gasteiger partial charge is 0.269 e. The number of non-ortho nitro benzene ring substituents is 1. The van der Waals surface area contributed by atoms with Gasteiger partial charge in [-0.3, -0.25) is 20.1 Å².